The monoisotopic (exact) mass is 312 g/mol. The number of benzene rings is 1. The third-order valence-electron chi connectivity index (χ3n) is 3.89. The highest BCUT2D eigenvalue weighted by Gasteiger charge is 2.20. The van der Waals surface area contributed by atoms with E-state index in [1.54, 1.807) is 26.2 Å². The molecule has 1 fully saturated rings. The first-order chi connectivity index (χ1) is 9.91. The van der Waals surface area contributed by atoms with Crippen molar-refractivity contribution in [2.45, 2.75) is 30.8 Å². The van der Waals surface area contributed by atoms with Crippen molar-refractivity contribution in [2.24, 2.45) is 0 Å². The molecule has 0 spiro atoms. The predicted molar refractivity (Wildman–Crippen MR) is 82.6 cm³/mol. The topological polar surface area (TPSA) is 49.9 Å². The maximum Gasteiger partial charge on any atom is 0.242 e. The van der Waals surface area contributed by atoms with Gasteiger partial charge in [-0.2, -0.15) is 0 Å². The van der Waals surface area contributed by atoms with Crippen molar-refractivity contribution < 1.29 is 13.2 Å². The summed E-state index contributed by atoms with van der Waals surface area (Å²) in [4.78, 5) is 2.69. The Bertz CT molecular complexity index is 572. The van der Waals surface area contributed by atoms with E-state index in [0.29, 0.717) is 10.9 Å². The van der Waals surface area contributed by atoms with Gasteiger partial charge in [0.25, 0.3) is 0 Å². The van der Waals surface area contributed by atoms with E-state index in [4.69, 9.17) is 4.74 Å². The van der Waals surface area contributed by atoms with Crippen LogP contribution in [0.5, 0.6) is 0 Å². The van der Waals surface area contributed by atoms with Crippen molar-refractivity contribution in [3.63, 3.8) is 0 Å². The Balaban J connectivity index is 2.18. The van der Waals surface area contributed by atoms with Crippen molar-refractivity contribution in [3.05, 3.63) is 29.8 Å². The smallest absolute Gasteiger partial charge is 0.242 e. The van der Waals surface area contributed by atoms with Crippen molar-refractivity contribution in [1.29, 1.82) is 0 Å². The van der Waals surface area contributed by atoms with Gasteiger partial charge in [0, 0.05) is 39.8 Å². The highest BCUT2D eigenvalue weighted by atomic mass is 32.2. The number of sulfonamides is 1. The van der Waals surface area contributed by atoms with Crippen LogP contribution in [0.25, 0.3) is 0 Å². The van der Waals surface area contributed by atoms with Gasteiger partial charge in [-0.1, -0.05) is 12.1 Å². The minimum atomic E-state index is -3.37. The van der Waals surface area contributed by atoms with Crippen molar-refractivity contribution in [2.75, 3.05) is 33.9 Å². The number of hydrogen-bond donors (Lipinski definition) is 0. The lowest BCUT2D eigenvalue weighted by Crippen LogP contribution is -2.33. The Morgan fingerprint density at radius 2 is 2.10 bits per heavy atom. The Labute approximate surface area is 127 Å². The fourth-order valence-electron chi connectivity index (χ4n) is 2.43. The van der Waals surface area contributed by atoms with Gasteiger partial charge in [0.2, 0.25) is 10.0 Å². The molecule has 118 valence electrons. The van der Waals surface area contributed by atoms with E-state index in [1.807, 2.05) is 12.1 Å². The van der Waals surface area contributed by atoms with Crippen LogP contribution < -0.4 is 0 Å². The van der Waals surface area contributed by atoms with Crippen LogP contribution in [0.4, 0.5) is 0 Å². The Kier molecular flexibility index (Phi) is 5.37. The maximum absolute atomic E-state index is 12.2. The molecule has 1 heterocycles. The molecular formula is C15H24N2O3S. The zero-order valence-electron chi connectivity index (χ0n) is 12.9. The molecule has 2 rings (SSSR count). The SMILES string of the molecule is CC1CCOCCN1Cc1cccc(S(=O)(=O)N(C)C)c1. The van der Waals surface area contributed by atoms with E-state index in [1.165, 1.54) is 4.31 Å². The summed E-state index contributed by atoms with van der Waals surface area (Å²) < 4.78 is 31.1. The summed E-state index contributed by atoms with van der Waals surface area (Å²) in [6.07, 6.45) is 1.01. The van der Waals surface area contributed by atoms with E-state index in [-0.39, 0.29) is 0 Å². The molecule has 5 nitrogen and oxygen atoms in total. The predicted octanol–water partition coefficient (Wildman–Crippen LogP) is 1.55. The average Bonchev–Trinajstić information content (AvgIpc) is 2.64. The molecule has 1 aliphatic heterocycles. The van der Waals surface area contributed by atoms with Crippen LogP contribution in [0.2, 0.25) is 0 Å². The van der Waals surface area contributed by atoms with Crippen LogP contribution in [0.3, 0.4) is 0 Å². The molecule has 1 unspecified atom stereocenters. The largest absolute Gasteiger partial charge is 0.380 e. The Morgan fingerprint density at radius 3 is 2.81 bits per heavy atom. The first-order valence-corrected chi connectivity index (χ1v) is 8.68. The van der Waals surface area contributed by atoms with Crippen LogP contribution in [0, 0.1) is 0 Å². The molecule has 1 aromatic rings. The van der Waals surface area contributed by atoms with Gasteiger partial charge >= 0.3 is 0 Å². The van der Waals surface area contributed by atoms with Gasteiger partial charge < -0.3 is 4.74 Å². The molecule has 6 heteroatoms. The molecule has 0 amide bonds. The molecular weight excluding hydrogens is 288 g/mol. The standard InChI is InChI=1S/C15H24N2O3S/c1-13-7-9-20-10-8-17(13)12-14-5-4-6-15(11-14)21(18,19)16(2)3/h4-6,11,13H,7-10,12H2,1-3H3. The summed E-state index contributed by atoms with van der Waals surface area (Å²) in [6, 6.07) is 7.65. The minimum Gasteiger partial charge on any atom is -0.380 e. The molecule has 1 saturated heterocycles. The van der Waals surface area contributed by atoms with Crippen LogP contribution in [0.1, 0.15) is 18.9 Å². The lowest BCUT2D eigenvalue weighted by molar-refractivity contribution is 0.139. The molecule has 0 aliphatic carbocycles. The van der Waals surface area contributed by atoms with Crippen LogP contribution >= 0.6 is 0 Å². The fraction of sp³-hybridized carbons (Fsp3) is 0.600. The van der Waals surface area contributed by atoms with E-state index in [9.17, 15) is 8.42 Å². The first kappa shape index (κ1) is 16.4. The lowest BCUT2D eigenvalue weighted by Gasteiger charge is -2.26. The van der Waals surface area contributed by atoms with Gasteiger partial charge in [-0.15, -0.1) is 0 Å². The summed E-state index contributed by atoms with van der Waals surface area (Å²) in [5.74, 6) is 0. The molecule has 0 radical (unpaired) electrons. The van der Waals surface area contributed by atoms with Crippen molar-refractivity contribution >= 4 is 10.0 Å². The zero-order chi connectivity index (χ0) is 15.5. The molecule has 0 N–H and O–H groups in total. The summed E-state index contributed by atoms with van der Waals surface area (Å²) in [5.41, 5.74) is 1.02. The fourth-order valence-corrected chi connectivity index (χ4v) is 3.40. The van der Waals surface area contributed by atoms with Gasteiger partial charge in [-0.25, -0.2) is 12.7 Å². The molecule has 0 saturated carbocycles. The third-order valence-corrected chi connectivity index (χ3v) is 5.70. The van der Waals surface area contributed by atoms with Crippen molar-refractivity contribution in [3.8, 4) is 0 Å². The summed E-state index contributed by atoms with van der Waals surface area (Å²) in [5, 5.41) is 0. The van der Waals surface area contributed by atoms with Gasteiger partial charge in [0.1, 0.15) is 0 Å². The van der Waals surface area contributed by atoms with Crippen LogP contribution in [-0.2, 0) is 21.3 Å². The van der Waals surface area contributed by atoms with Gasteiger partial charge in [0.05, 0.1) is 11.5 Å². The van der Waals surface area contributed by atoms with E-state index in [0.717, 1.165) is 38.3 Å². The normalized spacial score (nSPS) is 21.4. The van der Waals surface area contributed by atoms with E-state index >= 15 is 0 Å². The Hall–Kier alpha value is -0.950. The average molecular weight is 312 g/mol. The second-order valence-electron chi connectivity index (χ2n) is 5.66. The van der Waals surface area contributed by atoms with Gasteiger partial charge in [-0.3, -0.25) is 4.90 Å². The van der Waals surface area contributed by atoms with Gasteiger partial charge in [0.15, 0.2) is 0 Å². The number of ether oxygens (including phenoxy) is 1. The maximum atomic E-state index is 12.2. The van der Waals surface area contributed by atoms with Gasteiger partial charge in [-0.05, 0) is 31.0 Å². The summed E-state index contributed by atoms with van der Waals surface area (Å²) in [6.45, 7) is 5.36. The second-order valence-corrected chi connectivity index (χ2v) is 7.81. The zero-order valence-corrected chi connectivity index (χ0v) is 13.8. The molecule has 1 aliphatic rings. The first-order valence-electron chi connectivity index (χ1n) is 7.24. The molecule has 0 bridgehead atoms. The third kappa shape index (κ3) is 4.03. The van der Waals surface area contributed by atoms with E-state index < -0.39 is 10.0 Å². The van der Waals surface area contributed by atoms with E-state index in [2.05, 4.69) is 11.8 Å². The highest BCUT2D eigenvalue weighted by Crippen LogP contribution is 2.18. The second kappa shape index (κ2) is 6.87. The quantitative estimate of drug-likeness (QED) is 0.846. The molecule has 1 atom stereocenters. The lowest BCUT2D eigenvalue weighted by atomic mass is 10.1. The number of rotatable bonds is 4. The minimum absolute atomic E-state index is 0.351. The van der Waals surface area contributed by atoms with Crippen molar-refractivity contribution in [1.82, 2.24) is 9.21 Å². The summed E-state index contributed by atoms with van der Waals surface area (Å²) in [7, 11) is -0.267. The molecule has 1 aromatic carbocycles. The van der Waals surface area contributed by atoms with Crippen LogP contribution in [0.15, 0.2) is 29.2 Å². The van der Waals surface area contributed by atoms with Crippen LogP contribution in [-0.4, -0.2) is 57.5 Å². The summed E-state index contributed by atoms with van der Waals surface area (Å²) >= 11 is 0. The highest BCUT2D eigenvalue weighted by molar-refractivity contribution is 7.89. The number of nitrogens with zero attached hydrogens (tertiary/aromatic N) is 2. The number of hydrogen-bond acceptors (Lipinski definition) is 4. The Morgan fingerprint density at radius 1 is 1.33 bits per heavy atom. The molecule has 0 aromatic heterocycles. The molecule has 21 heavy (non-hydrogen) atoms.